The summed E-state index contributed by atoms with van der Waals surface area (Å²) in [7, 11) is 0. The largest absolute Gasteiger partial charge is 0.0771 e. The molecule has 2 aliphatic rings. The Labute approximate surface area is 105 Å². The summed E-state index contributed by atoms with van der Waals surface area (Å²) in [5.41, 5.74) is 3.62. The summed E-state index contributed by atoms with van der Waals surface area (Å²) in [6, 6.07) is 8.93. The molecule has 2 atom stereocenters. The lowest BCUT2D eigenvalue weighted by atomic mass is 9.86. The second kappa shape index (κ2) is 4.33. The monoisotopic (exact) mass is 226 g/mol. The lowest BCUT2D eigenvalue weighted by molar-refractivity contribution is 0.505. The van der Waals surface area contributed by atoms with Crippen LogP contribution in [-0.2, 0) is 0 Å². The molecule has 0 amide bonds. The van der Waals surface area contributed by atoms with Gasteiger partial charge in [0, 0.05) is 0 Å². The smallest absolute Gasteiger partial charge is 0.00396 e. The van der Waals surface area contributed by atoms with E-state index >= 15 is 0 Å². The molecule has 90 valence electrons. The standard InChI is InChI=1S/C17H22/c1-2-3-4-7-11-17-12-10-14-8-5-6-9-15(14)16(17)13-17/h5-6,8-10,12,16H,2-4,7,11,13H2,1H3. The molecule has 17 heavy (non-hydrogen) atoms. The summed E-state index contributed by atoms with van der Waals surface area (Å²) in [6.07, 6.45) is 13.2. The third-order valence-electron chi connectivity index (χ3n) is 4.58. The van der Waals surface area contributed by atoms with E-state index in [1.165, 1.54) is 44.1 Å². The van der Waals surface area contributed by atoms with E-state index in [4.69, 9.17) is 0 Å². The topological polar surface area (TPSA) is 0 Å². The Hall–Kier alpha value is -1.04. The Morgan fingerprint density at radius 3 is 2.94 bits per heavy atom. The van der Waals surface area contributed by atoms with Gasteiger partial charge in [0.05, 0.1) is 0 Å². The molecule has 1 fully saturated rings. The minimum atomic E-state index is 0.558. The number of hydrogen-bond acceptors (Lipinski definition) is 0. The van der Waals surface area contributed by atoms with E-state index in [0.717, 1.165) is 5.92 Å². The van der Waals surface area contributed by atoms with E-state index in [1.807, 2.05) is 0 Å². The Morgan fingerprint density at radius 1 is 1.18 bits per heavy atom. The molecule has 0 spiro atoms. The molecule has 0 heteroatoms. The van der Waals surface area contributed by atoms with Crippen LogP contribution in [0.3, 0.4) is 0 Å². The van der Waals surface area contributed by atoms with Crippen LogP contribution in [0, 0.1) is 5.41 Å². The van der Waals surface area contributed by atoms with Crippen molar-refractivity contribution in [3.05, 3.63) is 41.5 Å². The number of benzene rings is 1. The van der Waals surface area contributed by atoms with Gasteiger partial charge in [-0.05, 0) is 35.3 Å². The summed E-state index contributed by atoms with van der Waals surface area (Å²) in [5, 5.41) is 0. The molecule has 3 rings (SSSR count). The van der Waals surface area contributed by atoms with Gasteiger partial charge < -0.3 is 0 Å². The van der Waals surface area contributed by atoms with Gasteiger partial charge in [-0.3, -0.25) is 0 Å². The molecule has 0 heterocycles. The first-order valence-electron chi connectivity index (χ1n) is 7.14. The Kier molecular flexibility index (Phi) is 2.82. The summed E-state index contributed by atoms with van der Waals surface area (Å²) in [6.45, 7) is 2.29. The molecule has 0 aromatic heterocycles. The highest BCUT2D eigenvalue weighted by atomic mass is 14.6. The predicted octanol–water partition coefficient (Wildman–Crippen LogP) is 5.16. The molecule has 0 N–H and O–H groups in total. The van der Waals surface area contributed by atoms with E-state index in [1.54, 1.807) is 5.56 Å². The molecule has 0 aliphatic heterocycles. The maximum Gasteiger partial charge on any atom is -0.00396 e. The van der Waals surface area contributed by atoms with Crippen molar-refractivity contribution >= 4 is 6.08 Å². The zero-order valence-corrected chi connectivity index (χ0v) is 10.8. The van der Waals surface area contributed by atoms with E-state index in [0.29, 0.717) is 5.41 Å². The van der Waals surface area contributed by atoms with Crippen molar-refractivity contribution in [2.75, 3.05) is 0 Å². The fraction of sp³-hybridized carbons (Fsp3) is 0.529. The van der Waals surface area contributed by atoms with Gasteiger partial charge in [-0.25, -0.2) is 0 Å². The molecule has 0 nitrogen and oxygen atoms in total. The summed E-state index contributed by atoms with van der Waals surface area (Å²) >= 11 is 0. The van der Waals surface area contributed by atoms with Crippen LogP contribution in [0.25, 0.3) is 6.08 Å². The third kappa shape index (κ3) is 1.94. The maximum atomic E-state index is 2.51. The van der Waals surface area contributed by atoms with Gasteiger partial charge in [-0.2, -0.15) is 0 Å². The van der Waals surface area contributed by atoms with Gasteiger partial charge in [-0.1, -0.05) is 69.0 Å². The van der Waals surface area contributed by atoms with Crippen molar-refractivity contribution in [1.82, 2.24) is 0 Å². The van der Waals surface area contributed by atoms with Crippen LogP contribution >= 0.6 is 0 Å². The van der Waals surface area contributed by atoms with E-state index < -0.39 is 0 Å². The lowest BCUT2D eigenvalue weighted by Crippen LogP contribution is -2.04. The molecule has 1 aromatic carbocycles. The van der Waals surface area contributed by atoms with Crippen LogP contribution in [0.4, 0.5) is 0 Å². The SMILES string of the molecule is CCCCCCC12C=Cc3ccccc3C1C2. The minimum Gasteiger partial charge on any atom is -0.0771 e. The van der Waals surface area contributed by atoms with Crippen molar-refractivity contribution in [3.63, 3.8) is 0 Å². The van der Waals surface area contributed by atoms with Crippen LogP contribution < -0.4 is 0 Å². The summed E-state index contributed by atoms with van der Waals surface area (Å²) < 4.78 is 0. The lowest BCUT2D eigenvalue weighted by Gasteiger charge is -2.18. The van der Waals surface area contributed by atoms with Crippen molar-refractivity contribution in [3.8, 4) is 0 Å². The van der Waals surface area contributed by atoms with Crippen molar-refractivity contribution in [1.29, 1.82) is 0 Å². The molecular weight excluding hydrogens is 204 g/mol. The first-order chi connectivity index (χ1) is 8.36. The number of unbranched alkanes of at least 4 members (excludes halogenated alkanes) is 3. The molecule has 0 saturated heterocycles. The highest BCUT2D eigenvalue weighted by Gasteiger charge is 2.53. The molecule has 0 radical (unpaired) electrons. The molecule has 1 saturated carbocycles. The van der Waals surface area contributed by atoms with Crippen LogP contribution in [-0.4, -0.2) is 0 Å². The van der Waals surface area contributed by atoms with E-state index in [2.05, 4.69) is 43.3 Å². The first kappa shape index (κ1) is 11.1. The van der Waals surface area contributed by atoms with E-state index in [9.17, 15) is 0 Å². The van der Waals surface area contributed by atoms with Crippen molar-refractivity contribution in [2.24, 2.45) is 5.41 Å². The van der Waals surface area contributed by atoms with Crippen LogP contribution in [0.15, 0.2) is 30.3 Å². The van der Waals surface area contributed by atoms with E-state index in [-0.39, 0.29) is 0 Å². The molecule has 1 aromatic rings. The molecule has 2 unspecified atom stereocenters. The predicted molar refractivity (Wildman–Crippen MR) is 74.0 cm³/mol. The van der Waals surface area contributed by atoms with Gasteiger partial charge in [0.1, 0.15) is 0 Å². The highest BCUT2D eigenvalue weighted by Crippen LogP contribution is 2.65. The number of fused-ring (bicyclic) bond motifs is 3. The van der Waals surface area contributed by atoms with Gasteiger partial charge >= 0.3 is 0 Å². The Morgan fingerprint density at radius 2 is 2.06 bits per heavy atom. The van der Waals surface area contributed by atoms with Crippen LogP contribution in [0.2, 0.25) is 0 Å². The average molecular weight is 226 g/mol. The van der Waals surface area contributed by atoms with Crippen molar-refractivity contribution < 1.29 is 0 Å². The van der Waals surface area contributed by atoms with Crippen molar-refractivity contribution in [2.45, 2.75) is 51.4 Å². The fourth-order valence-corrected chi connectivity index (χ4v) is 3.40. The van der Waals surface area contributed by atoms with Gasteiger partial charge in [0.2, 0.25) is 0 Å². The van der Waals surface area contributed by atoms with Gasteiger partial charge in [0.25, 0.3) is 0 Å². The highest BCUT2D eigenvalue weighted by molar-refractivity contribution is 5.62. The number of hydrogen-bond donors (Lipinski definition) is 0. The summed E-state index contributed by atoms with van der Waals surface area (Å²) in [4.78, 5) is 0. The normalized spacial score (nSPS) is 28.6. The zero-order valence-electron chi connectivity index (χ0n) is 10.8. The van der Waals surface area contributed by atoms with Gasteiger partial charge in [-0.15, -0.1) is 0 Å². The average Bonchev–Trinajstić information content (AvgIpc) is 3.10. The quantitative estimate of drug-likeness (QED) is 0.608. The third-order valence-corrected chi connectivity index (χ3v) is 4.58. The Bertz CT molecular complexity index is 429. The first-order valence-corrected chi connectivity index (χ1v) is 7.14. The zero-order chi connectivity index (χ0) is 11.7. The van der Waals surface area contributed by atoms with Gasteiger partial charge in [0.15, 0.2) is 0 Å². The molecule has 0 bridgehead atoms. The maximum absolute atomic E-state index is 2.51. The second-order valence-electron chi connectivity index (χ2n) is 5.76. The number of rotatable bonds is 5. The second-order valence-corrected chi connectivity index (χ2v) is 5.76. The summed E-state index contributed by atoms with van der Waals surface area (Å²) in [5.74, 6) is 0.838. The Balaban J connectivity index is 1.67. The molecular formula is C17H22. The minimum absolute atomic E-state index is 0.558. The number of allylic oxidation sites excluding steroid dienone is 1. The fourth-order valence-electron chi connectivity index (χ4n) is 3.40. The molecule has 2 aliphatic carbocycles. The van der Waals surface area contributed by atoms with Crippen LogP contribution in [0.1, 0.15) is 62.5 Å². The van der Waals surface area contributed by atoms with Crippen LogP contribution in [0.5, 0.6) is 0 Å².